The van der Waals surface area contributed by atoms with Crippen molar-refractivity contribution in [3.63, 3.8) is 0 Å². The number of carbonyl (C=O) groups excluding carboxylic acids is 2. The molecule has 1 aliphatic rings. The number of likely N-dealkylation sites (N-methyl/N-ethyl adjacent to an activating group) is 1. The van der Waals surface area contributed by atoms with E-state index in [-0.39, 0.29) is 25.0 Å². The molecule has 176 valence electrons. The summed E-state index contributed by atoms with van der Waals surface area (Å²) in [5, 5.41) is 2.75. The van der Waals surface area contributed by atoms with Crippen LogP contribution in [-0.4, -0.2) is 36.6 Å². The number of amides is 2. The Hall–Kier alpha value is -3.32. The van der Waals surface area contributed by atoms with Crippen molar-refractivity contribution >= 4 is 27.7 Å². The van der Waals surface area contributed by atoms with Crippen molar-refractivity contribution in [1.82, 2.24) is 10.2 Å². The van der Waals surface area contributed by atoms with Gasteiger partial charge in [0.2, 0.25) is 18.6 Å². The first-order valence-corrected chi connectivity index (χ1v) is 12.0. The van der Waals surface area contributed by atoms with Crippen LogP contribution in [0.2, 0.25) is 0 Å². The molecule has 1 N–H and O–H groups in total. The summed E-state index contributed by atoms with van der Waals surface area (Å²) in [4.78, 5) is 28.2. The van der Waals surface area contributed by atoms with E-state index in [9.17, 15) is 9.59 Å². The van der Waals surface area contributed by atoms with Gasteiger partial charge < -0.3 is 19.7 Å². The highest BCUT2D eigenvalue weighted by molar-refractivity contribution is 9.10. The molecule has 1 unspecified atom stereocenters. The van der Waals surface area contributed by atoms with Crippen LogP contribution in [0.3, 0.4) is 0 Å². The van der Waals surface area contributed by atoms with E-state index in [4.69, 9.17) is 9.47 Å². The molecule has 6 nitrogen and oxygen atoms in total. The summed E-state index contributed by atoms with van der Waals surface area (Å²) in [6, 6.07) is 22.7. The number of aryl methyl sites for hydroxylation is 1. The molecule has 3 aromatic rings. The number of fused-ring (bicyclic) bond motifs is 1. The van der Waals surface area contributed by atoms with Gasteiger partial charge in [0.1, 0.15) is 6.04 Å². The average Bonchev–Trinajstić information content (AvgIpc) is 3.33. The molecule has 0 fully saturated rings. The Morgan fingerprint density at radius 1 is 0.941 bits per heavy atom. The number of hydrogen-bond acceptors (Lipinski definition) is 4. The number of hydrogen-bond donors (Lipinski definition) is 1. The summed E-state index contributed by atoms with van der Waals surface area (Å²) < 4.78 is 11.8. The predicted molar refractivity (Wildman–Crippen MR) is 134 cm³/mol. The lowest BCUT2D eigenvalue weighted by Crippen LogP contribution is -2.49. The highest BCUT2D eigenvalue weighted by Crippen LogP contribution is 2.33. The third-order valence-electron chi connectivity index (χ3n) is 5.82. The van der Waals surface area contributed by atoms with Crippen molar-refractivity contribution in [1.29, 1.82) is 0 Å². The number of benzene rings is 3. The molecular formula is C27H27BrN2O4. The Morgan fingerprint density at radius 2 is 1.71 bits per heavy atom. The van der Waals surface area contributed by atoms with Gasteiger partial charge in [-0.15, -0.1) is 0 Å². The summed E-state index contributed by atoms with van der Waals surface area (Å²) in [6.45, 7) is 0.551. The molecule has 0 saturated carbocycles. The van der Waals surface area contributed by atoms with Gasteiger partial charge in [-0.25, -0.2) is 0 Å². The van der Waals surface area contributed by atoms with Gasteiger partial charge in [-0.2, -0.15) is 0 Å². The number of ether oxygens (including phenoxy) is 2. The smallest absolute Gasteiger partial charge is 0.242 e. The Balaban J connectivity index is 1.57. The summed E-state index contributed by atoms with van der Waals surface area (Å²) in [6.07, 6.45) is 1.25. The maximum Gasteiger partial charge on any atom is 0.242 e. The van der Waals surface area contributed by atoms with Crippen molar-refractivity contribution < 1.29 is 19.1 Å². The fraction of sp³-hybridized carbons (Fsp3) is 0.259. The molecule has 3 aromatic carbocycles. The Labute approximate surface area is 208 Å². The summed E-state index contributed by atoms with van der Waals surface area (Å²) in [5.74, 6) is 1.15. The van der Waals surface area contributed by atoms with Gasteiger partial charge in [0.25, 0.3) is 0 Å². The van der Waals surface area contributed by atoms with Crippen LogP contribution in [0.15, 0.2) is 77.3 Å². The Kier molecular flexibility index (Phi) is 7.85. The number of halogens is 1. The zero-order valence-corrected chi connectivity index (χ0v) is 20.6. The van der Waals surface area contributed by atoms with E-state index >= 15 is 0 Å². The number of rotatable bonds is 9. The molecule has 2 amide bonds. The number of nitrogens with zero attached hydrogens (tertiary/aromatic N) is 1. The lowest BCUT2D eigenvalue weighted by atomic mass is 10.0. The minimum atomic E-state index is -0.629. The van der Waals surface area contributed by atoms with Crippen molar-refractivity contribution in [2.24, 2.45) is 0 Å². The second-order valence-corrected chi connectivity index (χ2v) is 9.07. The fourth-order valence-electron chi connectivity index (χ4n) is 4.04. The normalized spacial score (nSPS) is 12.8. The van der Waals surface area contributed by atoms with Crippen LogP contribution in [0.1, 0.15) is 23.1 Å². The summed E-state index contributed by atoms with van der Waals surface area (Å²) in [5.41, 5.74) is 2.94. The van der Waals surface area contributed by atoms with Gasteiger partial charge in [0, 0.05) is 30.9 Å². The predicted octanol–water partition coefficient (Wildman–Crippen LogP) is 4.50. The van der Waals surface area contributed by atoms with Crippen molar-refractivity contribution in [3.05, 3.63) is 94.0 Å². The lowest BCUT2D eigenvalue weighted by Gasteiger charge is -2.31. The van der Waals surface area contributed by atoms with E-state index in [1.54, 1.807) is 11.9 Å². The van der Waals surface area contributed by atoms with E-state index < -0.39 is 6.04 Å². The Morgan fingerprint density at radius 3 is 2.47 bits per heavy atom. The standard InChI is InChI=1S/C27H27BrN2O4/c1-29-27(32)23(15-19-6-3-2-4-7-19)30(17-21-8-5-9-22(28)14-21)26(31)13-11-20-10-12-24-25(16-20)34-18-33-24/h2-10,12,14,16,23H,11,13,15,17-18H2,1H3,(H,29,32). The monoisotopic (exact) mass is 522 g/mol. The topological polar surface area (TPSA) is 67.9 Å². The van der Waals surface area contributed by atoms with Crippen LogP contribution in [0.5, 0.6) is 11.5 Å². The first-order chi connectivity index (χ1) is 16.5. The highest BCUT2D eigenvalue weighted by atomic mass is 79.9. The van der Waals surface area contributed by atoms with Gasteiger partial charge in [0.15, 0.2) is 11.5 Å². The number of nitrogens with one attached hydrogen (secondary N) is 1. The van der Waals surface area contributed by atoms with E-state index in [0.717, 1.165) is 21.2 Å². The molecule has 7 heteroatoms. The van der Waals surface area contributed by atoms with Crippen molar-refractivity contribution in [3.8, 4) is 11.5 Å². The highest BCUT2D eigenvalue weighted by Gasteiger charge is 2.29. The Bertz CT molecular complexity index is 1150. The second-order valence-electron chi connectivity index (χ2n) is 8.16. The van der Waals surface area contributed by atoms with E-state index in [1.807, 2.05) is 72.8 Å². The molecule has 4 rings (SSSR count). The maximum atomic E-state index is 13.6. The SMILES string of the molecule is CNC(=O)C(Cc1ccccc1)N(Cc1cccc(Br)c1)C(=O)CCc1ccc2c(c1)OCO2. The zero-order chi connectivity index (χ0) is 23.9. The van der Waals surface area contributed by atoms with Crippen LogP contribution in [-0.2, 0) is 29.0 Å². The van der Waals surface area contributed by atoms with Gasteiger partial charge in [-0.1, -0.05) is 64.5 Å². The van der Waals surface area contributed by atoms with Crippen LogP contribution in [0.4, 0.5) is 0 Å². The number of carbonyl (C=O) groups is 2. The molecule has 0 bridgehead atoms. The maximum absolute atomic E-state index is 13.6. The van der Waals surface area contributed by atoms with Crippen molar-refractivity contribution in [2.45, 2.75) is 31.8 Å². The summed E-state index contributed by atoms with van der Waals surface area (Å²) in [7, 11) is 1.61. The molecule has 0 radical (unpaired) electrons. The van der Waals surface area contributed by atoms with Gasteiger partial charge in [-0.3, -0.25) is 9.59 Å². The van der Waals surface area contributed by atoms with E-state index in [1.165, 1.54) is 0 Å². The third-order valence-corrected chi connectivity index (χ3v) is 6.32. The molecule has 1 heterocycles. The van der Waals surface area contributed by atoms with Crippen LogP contribution in [0, 0.1) is 0 Å². The fourth-order valence-corrected chi connectivity index (χ4v) is 4.49. The molecular weight excluding hydrogens is 496 g/mol. The molecule has 1 atom stereocenters. The molecule has 34 heavy (non-hydrogen) atoms. The lowest BCUT2D eigenvalue weighted by molar-refractivity contribution is -0.141. The molecule has 0 aromatic heterocycles. The third kappa shape index (κ3) is 5.97. The first kappa shape index (κ1) is 23.8. The van der Waals surface area contributed by atoms with Gasteiger partial charge in [0.05, 0.1) is 0 Å². The zero-order valence-electron chi connectivity index (χ0n) is 19.0. The largest absolute Gasteiger partial charge is 0.454 e. The average molecular weight is 523 g/mol. The van der Waals surface area contributed by atoms with Crippen LogP contribution in [0.25, 0.3) is 0 Å². The van der Waals surface area contributed by atoms with Crippen LogP contribution < -0.4 is 14.8 Å². The first-order valence-electron chi connectivity index (χ1n) is 11.2. The molecule has 0 aliphatic carbocycles. The molecule has 0 saturated heterocycles. The van der Waals surface area contributed by atoms with Crippen LogP contribution >= 0.6 is 15.9 Å². The van der Waals surface area contributed by atoms with E-state index in [2.05, 4.69) is 21.2 Å². The quantitative estimate of drug-likeness (QED) is 0.449. The molecule has 1 aliphatic heterocycles. The van der Waals surface area contributed by atoms with Crippen molar-refractivity contribution in [2.75, 3.05) is 13.8 Å². The molecule has 0 spiro atoms. The minimum Gasteiger partial charge on any atom is -0.454 e. The minimum absolute atomic E-state index is 0.0813. The van der Waals surface area contributed by atoms with Gasteiger partial charge >= 0.3 is 0 Å². The second kappa shape index (κ2) is 11.2. The van der Waals surface area contributed by atoms with Gasteiger partial charge in [-0.05, 0) is 47.4 Å². The van der Waals surface area contributed by atoms with E-state index in [0.29, 0.717) is 30.9 Å². The summed E-state index contributed by atoms with van der Waals surface area (Å²) >= 11 is 3.50.